The first kappa shape index (κ1) is 12.6. The summed E-state index contributed by atoms with van der Waals surface area (Å²) in [4.78, 5) is 0. The third-order valence-corrected chi connectivity index (χ3v) is 2.17. The number of aliphatic hydroxyl groups excluding tert-OH is 1. The quantitative estimate of drug-likeness (QED) is 0.706. The number of aliphatic hydroxyl groups is 1. The Kier molecular flexibility index (Phi) is 5.41. The summed E-state index contributed by atoms with van der Waals surface area (Å²) in [5.41, 5.74) is 1.15. The van der Waals surface area contributed by atoms with Crippen LogP contribution < -0.4 is 10.1 Å². The molecule has 1 aromatic rings. The van der Waals surface area contributed by atoms with E-state index in [1.807, 2.05) is 31.2 Å². The largest absolute Gasteiger partial charge is 0.481 e. The maximum atomic E-state index is 8.85. The van der Waals surface area contributed by atoms with Crippen LogP contribution in [-0.4, -0.2) is 24.4 Å². The topological polar surface area (TPSA) is 41.5 Å². The molecule has 2 N–H and O–H groups in total. The van der Waals surface area contributed by atoms with Crippen LogP contribution in [0.1, 0.15) is 12.5 Å². The van der Waals surface area contributed by atoms with Gasteiger partial charge in [0, 0.05) is 12.6 Å². The van der Waals surface area contributed by atoms with E-state index in [4.69, 9.17) is 16.3 Å². The minimum atomic E-state index is 0.109. The molecule has 0 bridgehead atoms. The number of hydrogen-bond donors (Lipinski definition) is 2. The Hall–Kier alpha value is -1.50. The summed E-state index contributed by atoms with van der Waals surface area (Å²) < 4.78 is 5.26. The van der Waals surface area contributed by atoms with Crippen molar-refractivity contribution < 1.29 is 9.84 Å². The minimum Gasteiger partial charge on any atom is -0.481 e. The van der Waals surface area contributed by atoms with Crippen LogP contribution in [-0.2, 0) is 6.54 Å². The highest BCUT2D eigenvalue weighted by Gasteiger charge is 1.99. The van der Waals surface area contributed by atoms with Gasteiger partial charge in [-0.05, 0) is 24.6 Å². The predicted molar refractivity (Wildman–Crippen MR) is 64.2 cm³/mol. The molecule has 0 aliphatic heterocycles. The standard InChI is InChI=1S/C13H17NO2/c1-3-8-16-13-6-4-12(5-7-13)9-14-11(2)10-15/h1,4-7,11,14-15H,8-10H2,2H3/t11-/m1/s1. The predicted octanol–water partition coefficient (Wildman–Crippen LogP) is 1.17. The lowest BCUT2D eigenvalue weighted by Crippen LogP contribution is -2.28. The Morgan fingerprint density at radius 1 is 1.44 bits per heavy atom. The summed E-state index contributed by atoms with van der Waals surface area (Å²) in [5, 5.41) is 12.0. The van der Waals surface area contributed by atoms with Crippen molar-refractivity contribution in [2.45, 2.75) is 19.5 Å². The first-order valence-electron chi connectivity index (χ1n) is 5.25. The van der Waals surface area contributed by atoms with Gasteiger partial charge in [0.1, 0.15) is 12.4 Å². The van der Waals surface area contributed by atoms with Crippen molar-refractivity contribution in [3.8, 4) is 18.1 Å². The number of hydrogen-bond acceptors (Lipinski definition) is 3. The van der Waals surface area contributed by atoms with Crippen LogP contribution >= 0.6 is 0 Å². The maximum Gasteiger partial charge on any atom is 0.148 e. The lowest BCUT2D eigenvalue weighted by molar-refractivity contribution is 0.251. The van der Waals surface area contributed by atoms with Crippen LogP contribution in [0.5, 0.6) is 5.75 Å². The zero-order valence-corrected chi connectivity index (χ0v) is 9.44. The van der Waals surface area contributed by atoms with Crippen LogP contribution in [0.4, 0.5) is 0 Å². The second-order valence-corrected chi connectivity index (χ2v) is 3.60. The van der Waals surface area contributed by atoms with Crippen molar-refractivity contribution in [2.75, 3.05) is 13.2 Å². The molecule has 0 fully saturated rings. The van der Waals surface area contributed by atoms with Crippen molar-refractivity contribution in [3.63, 3.8) is 0 Å². The molecule has 0 saturated heterocycles. The van der Waals surface area contributed by atoms with Crippen LogP contribution in [0.15, 0.2) is 24.3 Å². The Morgan fingerprint density at radius 2 is 2.12 bits per heavy atom. The fourth-order valence-electron chi connectivity index (χ4n) is 1.19. The van der Waals surface area contributed by atoms with Crippen molar-refractivity contribution in [1.82, 2.24) is 5.32 Å². The fraction of sp³-hybridized carbons (Fsp3) is 0.385. The highest BCUT2D eigenvalue weighted by molar-refractivity contribution is 5.27. The van der Waals surface area contributed by atoms with Crippen LogP contribution in [0.25, 0.3) is 0 Å². The first-order chi connectivity index (χ1) is 7.76. The molecule has 1 aromatic carbocycles. The molecule has 0 radical (unpaired) electrons. The molecular weight excluding hydrogens is 202 g/mol. The maximum absolute atomic E-state index is 8.85. The van der Waals surface area contributed by atoms with Gasteiger partial charge >= 0.3 is 0 Å². The van der Waals surface area contributed by atoms with Crippen molar-refractivity contribution in [1.29, 1.82) is 0 Å². The van der Waals surface area contributed by atoms with E-state index in [1.54, 1.807) is 0 Å². The highest BCUT2D eigenvalue weighted by atomic mass is 16.5. The fourth-order valence-corrected chi connectivity index (χ4v) is 1.19. The normalized spacial score (nSPS) is 11.8. The molecule has 0 aliphatic carbocycles. The molecule has 0 amide bonds. The van der Waals surface area contributed by atoms with Gasteiger partial charge in [0.25, 0.3) is 0 Å². The first-order valence-corrected chi connectivity index (χ1v) is 5.25. The second kappa shape index (κ2) is 6.89. The SMILES string of the molecule is C#CCOc1ccc(CN[C@H](C)CO)cc1. The Morgan fingerprint density at radius 3 is 2.69 bits per heavy atom. The number of terminal acetylenes is 1. The van der Waals surface area contributed by atoms with Gasteiger partial charge in [0.2, 0.25) is 0 Å². The second-order valence-electron chi connectivity index (χ2n) is 3.60. The van der Waals surface area contributed by atoms with E-state index >= 15 is 0 Å². The molecule has 3 heteroatoms. The number of benzene rings is 1. The van der Waals surface area contributed by atoms with Gasteiger partial charge in [-0.3, -0.25) is 0 Å². The summed E-state index contributed by atoms with van der Waals surface area (Å²) in [6.45, 7) is 3.10. The zero-order valence-electron chi connectivity index (χ0n) is 9.44. The monoisotopic (exact) mass is 219 g/mol. The van der Waals surface area contributed by atoms with E-state index in [9.17, 15) is 0 Å². The van der Waals surface area contributed by atoms with E-state index in [0.717, 1.165) is 17.9 Å². The van der Waals surface area contributed by atoms with Gasteiger partial charge in [-0.2, -0.15) is 0 Å². The molecule has 86 valence electrons. The number of ether oxygens (including phenoxy) is 1. The number of rotatable bonds is 6. The van der Waals surface area contributed by atoms with Crippen LogP contribution in [0.2, 0.25) is 0 Å². The lowest BCUT2D eigenvalue weighted by atomic mass is 10.2. The molecule has 0 saturated carbocycles. The van der Waals surface area contributed by atoms with E-state index < -0.39 is 0 Å². The van der Waals surface area contributed by atoms with Crippen LogP contribution in [0.3, 0.4) is 0 Å². The minimum absolute atomic E-state index is 0.109. The van der Waals surface area contributed by atoms with E-state index in [-0.39, 0.29) is 12.6 Å². The van der Waals surface area contributed by atoms with Crippen molar-refractivity contribution in [3.05, 3.63) is 29.8 Å². The Labute approximate surface area is 96.4 Å². The highest BCUT2D eigenvalue weighted by Crippen LogP contribution is 2.11. The molecule has 1 rings (SSSR count). The summed E-state index contributed by atoms with van der Waals surface area (Å²) in [6.07, 6.45) is 5.09. The average molecular weight is 219 g/mol. The summed E-state index contributed by atoms with van der Waals surface area (Å²) in [7, 11) is 0. The van der Waals surface area contributed by atoms with E-state index in [0.29, 0.717) is 6.61 Å². The molecule has 0 spiro atoms. The summed E-state index contributed by atoms with van der Waals surface area (Å²) in [6, 6.07) is 7.83. The average Bonchev–Trinajstić information content (AvgIpc) is 2.34. The van der Waals surface area contributed by atoms with Gasteiger partial charge < -0.3 is 15.2 Å². The van der Waals surface area contributed by atoms with E-state index in [1.165, 1.54) is 0 Å². The van der Waals surface area contributed by atoms with E-state index in [2.05, 4.69) is 11.2 Å². The Balaban J connectivity index is 2.42. The number of nitrogens with one attached hydrogen (secondary N) is 1. The molecule has 16 heavy (non-hydrogen) atoms. The molecule has 1 atom stereocenters. The molecule has 0 aliphatic rings. The van der Waals surface area contributed by atoms with Crippen molar-refractivity contribution >= 4 is 0 Å². The molecular formula is C13H17NO2. The summed E-state index contributed by atoms with van der Waals surface area (Å²) >= 11 is 0. The van der Waals surface area contributed by atoms with Gasteiger partial charge in [-0.15, -0.1) is 6.42 Å². The summed E-state index contributed by atoms with van der Waals surface area (Å²) in [5.74, 6) is 3.19. The zero-order chi connectivity index (χ0) is 11.8. The van der Waals surface area contributed by atoms with Crippen LogP contribution in [0, 0.1) is 12.3 Å². The van der Waals surface area contributed by atoms with Gasteiger partial charge in [-0.25, -0.2) is 0 Å². The molecule has 0 heterocycles. The van der Waals surface area contributed by atoms with Gasteiger partial charge in [0.05, 0.1) is 6.61 Å². The molecule has 0 unspecified atom stereocenters. The van der Waals surface area contributed by atoms with Gasteiger partial charge in [-0.1, -0.05) is 18.1 Å². The lowest BCUT2D eigenvalue weighted by Gasteiger charge is -2.10. The molecule has 3 nitrogen and oxygen atoms in total. The van der Waals surface area contributed by atoms with Crippen molar-refractivity contribution in [2.24, 2.45) is 0 Å². The Bertz CT molecular complexity index is 340. The molecule has 0 aromatic heterocycles. The third kappa shape index (κ3) is 4.35. The third-order valence-electron chi connectivity index (χ3n) is 2.17. The smallest absolute Gasteiger partial charge is 0.148 e. The van der Waals surface area contributed by atoms with Gasteiger partial charge in [0.15, 0.2) is 0 Å².